The van der Waals surface area contributed by atoms with Crippen molar-refractivity contribution in [2.24, 2.45) is 0 Å². The maximum absolute atomic E-state index is 12.8. The van der Waals surface area contributed by atoms with Crippen molar-refractivity contribution < 1.29 is 42.2 Å². The van der Waals surface area contributed by atoms with Crippen molar-refractivity contribution in [3.63, 3.8) is 0 Å². The van der Waals surface area contributed by atoms with Gasteiger partial charge in [0.25, 0.3) is 0 Å². The van der Waals surface area contributed by atoms with Crippen LogP contribution in [0.1, 0.15) is 19.3 Å². The zero-order valence-corrected chi connectivity index (χ0v) is 14.1. The number of rotatable bonds is 9. The van der Waals surface area contributed by atoms with E-state index in [0.717, 1.165) is 35.5 Å². The Bertz CT molecular complexity index is 454. The molecule has 0 saturated carbocycles. The van der Waals surface area contributed by atoms with E-state index in [9.17, 15) is 18.9 Å². The van der Waals surface area contributed by atoms with Gasteiger partial charge in [0, 0.05) is 20.6 Å². The van der Waals surface area contributed by atoms with E-state index < -0.39 is 37.1 Å². The van der Waals surface area contributed by atoms with E-state index in [1.807, 2.05) is 0 Å². The number of esters is 3. The molecule has 0 radical (unpaired) electrons. The molecule has 0 bridgehead atoms. The molecule has 0 rings (SSSR count). The van der Waals surface area contributed by atoms with Crippen molar-refractivity contribution in [2.45, 2.75) is 24.4 Å². The van der Waals surface area contributed by atoms with Crippen LogP contribution in [0.3, 0.4) is 0 Å². The molecule has 0 aromatic heterocycles. The third-order valence-corrected chi connectivity index (χ3v) is 5.78. The first kappa shape index (κ1) is 20.6. The van der Waals surface area contributed by atoms with Gasteiger partial charge in [-0.2, -0.15) is 0 Å². The summed E-state index contributed by atoms with van der Waals surface area (Å²) in [7, 11) is 1.35. The van der Waals surface area contributed by atoms with Crippen molar-refractivity contribution in [2.75, 3.05) is 35.5 Å². The first-order valence-electron chi connectivity index (χ1n) is 6.20. The van der Waals surface area contributed by atoms with Gasteiger partial charge in [-0.3, -0.25) is 18.9 Å². The van der Waals surface area contributed by atoms with Crippen LogP contribution in [0.5, 0.6) is 0 Å². The fraction of sp³-hybridized carbons (Fsp3) is 0.750. The summed E-state index contributed by atoms with van der Waals surface area (Å²) in [6.45, 7) is 0. The first-order valence-corrected chi connectivity index (χ1v) is 7.74. The van der Waals surface area contributed by atoms with Gasteiger partial charge in [0.1, 0.15) is 0 Å². The van der Waals surface area contributed by atoms with Crippen molar-refractivity contribution in [1.82, 2.24) is 0 Å². The largest absolute Gasteiger partial charge is 0.469 e. The summed E-state index contributed by atoms with van der Waals surface area (Å²) < 4.78 is 36.2. The van der Waals surface area contributed by atoms with E-state index in [-0.39, 0.29) is 12.8 Å². The molecule has 0 aliphatic carbocycles. The van der Waals surface area contributed by atoms with Crippen LogP contribution in [-0.4, -0.2) is 58.6 Å². The number of carbonyl (C=O) groups excluding carboxylic acids is 3. The number of carbonyl (C=O) groups is 3. The monoisotopic (exact) mass is 340 g/mol. The third kappa shape index (κ3) is 4.28. The number of hydrogen-bond acceptors (Lipinski definition) is 9. The van der Waals surface area contributed by atoms with Gasteiger partial charge in [-0.05, 0) is 6.42 Å². The molecule has 0 heterocycles. The Morgan fingerprint density at radius 2 is 1.36 bits per heavy atom. The SMILES string of the molecule is COC(=O)CCC(CC(=O)OC)(C(=O)OC)P(=O)(OC)OC. The molecule has 22 heavy (non-hydrogen) atoms. The van der Waals surface area contributed by atoms with Gasteiger partial charge in [-0.25, -0.2) is 0 Å². The summed E-state index contributed by atoms with van der Waals surface area (Å²) in [6, 6.07) is 0. The smallest absolute Gasteiger partial charge is 0.348 e. The molecule has 10 heteroatoms. The Labute approximate surface area is 128 Å². The molecule has 0 amide bonds. The van der Waals surface area contributed by atoms with Gasteiger partial charge in [-0.15, -0.1) is 0 Å². The van der Waals surface area contributed by atoms with Crippen LogP contribution in [-0.2, 0) is 42.2 Å². The molecule has 0 aliphatic heterocycles. The highest BCUT2D eigenvalue weighted by Crippen LogP contribution is 2.63. The van der Waals surface area contributed by atoms with Gasteiger partial charge in [0.05, 0.1) is 27.8 Å². The minimum atomic E-state index is -4.11. The first-order chi connectivity index (χ1) is 10.3. The second kappa shape index (κ2) is 8.87. The summed E-state index contributed by atoms with van der Waals surface area (Å²) in [6.07, 6.45) is -1.26. The number of methoxy groups -OCH3 is 3. The van der Waals surface area contributed by atoms with E-state index >= 15 is 0 Å². The van der Waals surface area contributed by atoms with Crippen LogP contribution >= 0.6 is 7.60 Å². The van der Waals surface area contributed by atoms with Crippen LogP contribution in [0, 0.1) is 0 Å². The Morgan fingerprint density at radius 3 is 1.73 bits per heavy atom. The summed E-state index contributed by atoms with van der Waals surface area (Å²) in [5, 5.41) is -2.01. The quantitative estimate of drug-likeness (QED) is 0.343. The number of hydrogen-bond donors (Lipinski definition) is 0. The lowest BCUT2D eigenvalue weighted by atomic mass is 9.98. The minimum absolute atomic E-state index is 0.292. The zero-order valence-electron chi connectivity index (χ0n) is 13.2. The second-order valence-electron chi connectivity index (χ2n) is 4.21. The van der Waals surface area contributed by atoms with Gasteiger partial charge < -0.3 is 23.3 Å². The Balaban J connectivity index is 5.92. The highest BCUT2D eigenvalue weighted by molar-refractivity contribution is 7.56. The molecule has 0 spiro atoms. The van der Waals surface area contributed by atoms with Crippen molar-refractivity contribution >= 4 is 25.5 Å². The summed E-state index contributed by atoms with van der Waals surface area (Å²) in [4.78, 5) is 35.3. The third-order valence-electron chi connectivity index (χ3n) is 3.21. The molecular formula is C12H21O9P. The molecule has 128 valence electrons. The average Bonchev–Trinajstić information content (AvgIpc) is 2.56. The molecule has 0 aromatic rings. The fourth-order valence-electron chi connectivity index (χ4n) is 1.94. The van der Waals surface area contributed by atoms with Gasteiger partial charge in [-0.1, -0.05) is 0 Å². The minimum Gasteiger partial charge on any atom is -0.469 e. The molecule has 0 saturated heterocycles. The topological polar surface area (TPSA) is 114 Å². The fourth-order valence-corrected chi connectivity index (χ4v) is 3.82. The van der Waals surface area contributed by atoms with Crippen LogP contribution in [0.15, 0.2) is 0 Å². The average molecular weight is 340 g/mol. The second-order valence-corrected chi connectivity index (χ2v) is 6.80. The predicted molar refractivity (Wildman–Crippen MR) is 74.3 cm³/mol. The predicted octanol–water partition coefficient (Wildman–Crippen LogP) is 0.900. The molecule has 0 N–H and O–H groups in total. The van der Waals surface area contributed by atoms with Crippen LogP contribution in [0.4, 0.5) is 0 Å². The van der Waals surface area contributed by atoms with Crippen molar-refractivity contribution in [3.8, 4) is 0 Å². The Morgan fingerprint density at radius 1 is 0.864 bits per heavy atom. The van der Waals surface area contributed by atoms with E-state index in [4.69, 9.17) is 9.05 Å². The summed E-state index contributed by atoms with van der Waals surface area (Å²) in [5.41, 5.74) is 0. The standard InChI is InChI=1S/C12H21O9P/c1-17-9(13)6-7-12(11(15)19-3,8-10(14)18-2)22(16,20-4)21-5/h6-8H2,1-5H3. The van der Waals surface area contributed by atoms with Gasteiger partial charge >= 0.3 is 25.5 Å². The highest BCUT2D eigenvalue weighted by Gasteiger charge is 2.58. The van der Waals surface area contributed by atoms with Gasteiger partial charge in [0.15, 0.2) is 5.16 Å². The molecule has 0 fully saturated rings. The Kier molecular flexibility index (Phi) is 8.29. The summed E-state index contributed by atoms with van der Waals surface area (Å²) >= 11 is 0. The van der Waals surface area contributed by atoms with Gasteiger partial charge in [0.2, 0.25) is 0 Å². The van der Waals surface area contributed by atoms with E-state index in [2.05, 4.69) is 14.2 Å². The number of ether oxygens (including phenoxy) is 3. The summed E-state index contributed by atoms with van der Waals surface area (Å²) in [5.74, 6) is -2.49. The normalized spacial score (nSPS) is 13.9. The van der Waals surface area contributed by atoms with E-state index in [1.165, 1.54) is 0 Å². The zero-order chi connectivity index (χ0) is 17.4. The lowest BCUT2D eigenvalue weighted by molar-refractivity contribution is -0.152. The van der Waals surface area contributed by atoms with Crippen LogP contribution in [0.2, 0.25) is 0 Å². The molecular weight excluding hydrogens is 319 g/mol. The Hall–Kier alpha value is -1.44. The molecule has 0 aliphatic rings. The van der Waals surface area contributed by atoms with E-state index in [0.29, 0.717) is 0 Å². The van der Waals surface area contributed by atoms with Crippen molar-refractivity contribution in [3.05, 3.63) is 0 Å². The van der Waals surface area contributed by atoms with Crippen LogP contribution < -0.4 is 0 Å². The van der Waals surface area contributed by atoms with Crippen LogP contribution in [0.25, 0.3) is 0 Å². The lowest BCUT2D eigenvalue weighted by Gasteiger charge is -2.34. The molecule has 1 unspecified atom stereocenters. The molecule has 1 atom stereocenters. The lowest BCUT2D eigenvalue weighted by Crippen LogP contribution is -2.43. The van der Waals surface area contributed by atoms with Crippen molar-refractivity contribution in [1.29, 1.82) is 0 Å². The highest BCUT2D eigenvalue weighted by atomic mass is 31.2. The maximum atomic E-state index is 12.8. The van der Waals surface area contributed by atoms with E-state index in [1.54, 1.807) is 0 Å². The maximum Gasteiger partial charge on any atom is 0.348 e. The molecule has 9 nitrogen and oxygen atoms in total. The molecule has 0 aromatic carbocycles.